The van der Waals surface area contributed by atoms with Crippen molar-refractivity contribution in [2.75, 3.05) is 26.2 Å². The van der Waals surface area contributed by atoms with E-state index in [1.54, 1.807) is 9.21 Å². The minimum atomic E-state index is -3.23. The number of nitrogens with zero attached hydrogens (tertiary/aromatic N) is 4. The number of carbonyl (C=O) groups excluding carboxylic acids is 1. The summed E-state index contributed by atoms with van der Waals surface area (Å²) >= 11 is 0. The summed E-state index contributed by atoms with van der Waals surface area (Å²) in [6.07, 6.45) is 8.24. The summed E-state index contributed by atoms with van der Waals surface area (Å²) in [5.74, 6) is 0.965. The molecule has 0 aromatic carbocycles. The van der Waals surface area contributed by atoms with E-state index >= 15 is 0 Å². The monoisotopic (exact) mass is 524 g/mol. The number of hydrogen-bond acceptors (Lipinski definition) is 8. The van der Waals surface area contributed by atoms with E-state index in [4.69, 9.17) is 14.2 Å². The Balaban J connectivity index is 1.28. The van der Waals surface area contributed by atoms with Crippen molar-refractivity contribution in [3.05, 3.63) is 11.9 Å². The number of amides is 1. The number of hydrogen-bond donors (Lipinski definition) is 0. The van der Waals surface area contributed by atoms with E-state index in [0.717, 1.165) is 37.7 Å². The molecule has 0 bridgehead atoms. The number of likely N-dealkylation sites (tertiary alicyclic amines) is 1. The quantitative estimate of drug-likeness (QED) is 0.531. The van der Waals surface area contributed by atoms with Crippen LogP contribution in [0.5, 0.6) is 11.8 Å². The largest absolute Gasteiger partial charge is 0.474 e. The Morgan fingerprint density at radius 2 is 1.42 bits per heavy atom. The molecule has 0 atom stereocenters. The van der Waals surface area contributed by atoms with E-state index in [1.807, 2.05) is 20.8 Å². The van der Waals surface area contributed by atoms with Crippen LogP contribution < -0.4 is 9.47 Å². The summed E-state index contributed by atoms with van der Waals surface area (Å²) in [6, 6.07) is 0. The molecule has 4 rings (SSSR count). The van der Waals surface area contributed by atoms with Gasteiger partial charge in [0.25, 0.3) is 0 Å². The van der Waals surface area contributed by atoms with Gasteiger partial charge in [0.05, 0.1) is 16.9 Å². The topological polar surface area (TPSA) is 111 Å². The first-order valence-corrected chi connectivity index (χ1v) is 14.8. The average molecular weight is 525 g/mol. The molecule has 0 radical (unpaired) electrons. The van der Waals surface area contributed by atoms with Gasteiger partial charge in [0.15, 0.2) is 0 Å². The fourth-order valence-electron chi connectivity index (χ4n) is 5.18. The molecule has 1 aromatic rings. The molecule has 1 aliphatic carbocycles. The molecular weight excluding hydrogens is 484 g/mol. The van der Waals surface area contributed by atoms with Crippen LogP contribution in [0.25, 0.3) is 0 Å². The van der Waals surface area contributed by atoms with Crippen molar-refractivity contribution in [1.29, 1.82) is 0 Å². The van der Waals surface area contributed by atoms with E-state index in [9.17, 15) is 13.2 Å². The van der Waals surface area contributed by atoms with Gasteiger partial charge in [-0.25, -0.2) is 27.5 Å². The Morgan fingerprint density at radius 3 is 1.94 bits per heavy atom. The summed E-state index contributed by atoms with van der Waals surface area (Å²) in [4.78, 5) is 22.4. The molecular formula is C25H40N4O6S. The highest BCUT2D eigenvalue weighted by Crippen LogP contribution is 2.30. The lowest BCUT2D eigenvalue weighted by Gasteiger charge is -2.35. The second kappa shape index (κ2) is 11.9. The van der Waals surface area contributed by atoms with Crippen LogP contribution >= 0.6 is 0 Å². The molecule has 36 heavy (non-hydrogen) atoms. The smallest absolute Gasteiger partial charge is 0.410 e. The highest BCUT2D eigenvalue weighted by Gasteiger charge is 2.36. The molecule has 2 aliphatic heterocycles. The lowest BCUT2D eigenvalue weighted by atomic mass is 10.0. The van der Waals surface area contributed by atoms with Crippen LogP contribution in [-0.2, 0) is 14.8 Å². The third kappa shape index (κ3) is 6.59. The Bertz CT molecular complexity index is 982. The Kier molecular flexibility index (Phi) is 8.92. The predicted octanol–water partition coefficient (Wildman–Crippen LogP) is 3.68. The number of ether oxygens (including phenoxy) is 3. The fourth-order valence-corrected chi connectivity index (χ4v) is 7.25. The van der Waals surface area contributed by atoms with Crippen LogP contribution in [0, 0.1) is 6.92 Å². The van der Waals surface area contributed by atoms with Gasteiger partial charge < -0.3 is 19.1 Å². The second-order valence-electron chi connectivity index (χ2n) is 10.4. The Hall–Kier alpha value is -2.14. The fraction of sp³-hybridized carbons (Fsp3) is 0.800. The number of rotatable bonds is 7. The maximum absolute atomic E-state index is 13.0. The van der Waals surface area contributed by atoms with Crippen LogP contribution in [0.3, 0.4) is 0 Å². The van der Waals surface area contributed by atoms with E-state index < -0.39 is 10.0 Å². The molecule has 1 amide bonds. The number of sulfonamides is 1. The van der Waals surface area contributed by atoms with Crippen LogP contribution in [0.1, 0.15) is 77.2 Å². The zero-order valence-electron chi connectivity index (χ0n) is 21.7. The zero-order valence-corrected chi connectivity index (χ0v) is 22.5. The van der Waals surface area contributed by atoms with E-state index in [2.05, 4.69) is 9.97 Å². The number of carbonyl (C=O) groups is 1. The van der Waals surface area contributed by atoms with Crippen molar-refractivity contribution in [3.63, 3.8) is 0 Å². The number of aromatic nitrogens is 2. The van der Waals surface area contributed by atoms with Crippen molar-refractivity contribution in [2.24, 2.45) is 0 Å². The lowest BCUT2D eigenvalue weighted by molar-refractivity contribution is 0.0503. The van der Waals surface area contributed by atoms with Gasteiger partial charge in [0, 0.05) is 39.0 Å². The first-order valence-electron chi connectivity index (χ1n) is 13.3. The molecule has 1 saturated carbocycles. The number of piperidine rings is 2. The van der Waals surface area contributed by atoms with Gasteiger partial charge >= 0.3 is 6.09 Å². The van der Waals surface area contributed by atoms with Gasteiger partial charge in [0.1, 0.15) is 18.5 Å². The summed E-state index contributed by atoms with van der Waals surface area (Å²) in [7, 11) is -3.23. The van der Waals surface area contributed by atoms with Crippen molar-refractivity contribution in [1.82, 2.24) is 19.2 Å². The summed E-state index contributed by atoms with van der Waals surface area (Å²) in [6.45, 7) is 7.67. The van der Waals surface area contributed by atoms with Gasteiger partial charge in [0.2, 0.25) is 21.8 Å². The molecule has 0 unspecified atom stereocenters. The second-order valence-corrected chi connectivity index (χ2v) is 12.6. The van der Waals surface area contributed by atoms with Crippen molar-refractivity contribution in [3.8, 4) is 11.8 Å². The molecule has 3 aliphatic rings. The first kappa shape index (κ1) is 26.9. The Labute approximate surface area is 214 Å². The standard InChI is InChI=1S/C25H40N4O6S/c1-18(2)33-25(30)28-13-9-20(10-14-28)34-23-19(3)24(27-17-26-23)35-21-11-15-29(16-12-21)36(31,32)22-7-5-4-6-8-22/h17-18,20-22H,4-16H2,1-3H3. The first-order chi connectivity index (χ1) is 17.2. The molecule has 2 saturated heterocycles. The molecule has 3 heterocycles. The normalized spacial score (nSPS) is 21.5. The molecule has 0 spiro atoms. The maximum Gasteiger partial charge on any atom is 0.410 e. The van der Waals surface area contributed by atoms with Gasteiger partial charge in [-0.2, -0.15) is 0 Å². The van der Waals surface area contributed by atoms with Gasteiger partial charge in [-0.3, -0.25) is 0 Å². The van der Waals surface area contributed by atoms with Crippen molar-refractivity contribution < 1.29 is 27.4 Å². The van der Waals surface area contributed by atoms with Crippen molar-refractivity contribution >= 4 is 16.1 Å². The molecule has 3 fully saturated rings. The minimum absolute atomic E-state index is 0.0530. The summed E-state index contributed by atoms with van der Waals surface area (Å²) in [5, 5.41) is -0.222. The molecule has 10 nitrogen and oxygen atoms in total. The van der Waals surface area contributed by atoms with E-state index in [0.29, 0.717) is 63.6 Å². The predicted molar refractivity (Wildman–Crippen MR) is 135 cm³/mol. The SMILES string of the molecule is Cc1c(OC2CCN(C(=O)OC(C)C)CC2)ncnc1OC1CCN(S(=O)(=O)C2CCCCC2)CC1. The van der Waals surface area contributed by atoms with Crippen LogP contribution in [-0.4, -0.2) is 83.4 Å². The minimum Gasteiger partial charge on any atom is -0.474 e. The third-order valence-corrected chi connectivity index (χ3v) is 9.72. The molecule has 0 N–H and O–H groups in total. The van der Waals surface area contributed by atoms with Gasteiger partial charge in [-0.05, 0) is 46.5 Å². The van der Waals surface area contributed by atoms with Crippen LogP contribution in [0.2, 0.25) is 0 Å². The molecule has 202 valence electrons. The zero-order chi connectivity index (χ0) is 25.7. The Morgan fingerprint density at radius 1 is 0.889 bits per heavy atom. The lowest BCUT2D eigenvalue weighted by Crippen LogP contribution is -2.46. The van der Waals surface area contributed by atoms with Gasteiger partial charge in [-0.1, -0.05) is 19.3 Å². The maximum atomic E-state index is 13.0. The average Bonchev–Trinajstić information content (AvgIpc) is 2.87. The highest BCUT2D eigenvalue weighted by molar-refractivity contribution is 7.89. The van der Waals surface area contributed by atoms with Crippen LogP contribution in [0.15, 0.2) is 6.33 Å². The van der Waals surface area contributed by atoms with E-state index in [1.165, 1.54) is 6.33 Å². The third-order valence-electron chi connectivity index (χ3n) is 7.32. The molecule has 1 aromatic heterocycles. The summed E-state index contributed by atoms with van der Waals surface area (Å²) < 4.78 is 45.3. The van der Waals surface area contributed by atoms with Crippen LogP contribution in [0.4, 0.5) is 4.79 Å². The molecule has 11 heteroatoms. The van der Waals surface area contributed by atoms with Gasteiger partial charge in [-0.15, -0.1) is 0 Å². The van der Waals surface area contributed by atoms with E-state index in [-0.39, 0.29) is 29.7 Å². The van der Waals surface area contributed by atoms with Crippen molar-refractivity contribution in [2.45, 2.75) is 102 Å². The highest BCUT2D eigenvalue weighted by atomic mass is 32.2. The summed E-state index contributed by atoms with van der Waals surface area (Å²) in [5.41, 5.74) is 0.733.